The third-order valence-corrected chi connectivity index (χ3v) is 6.34. The molecule has 3 heterocycles. The average Bonchev–Trinajstić information content (AvgIpc) is 3.02. The lowest BCUT2D eigenvalue weighted by Crippen LogP contribution is -2.46. The first-order valence-electron chi connectivity index (χ1n) is 10.1. The number of hydrogen-bond donors (Lipinski definition) is 0. The molecule has 2 saturated heterocycles. The molecule has 2 fully saturated rings. The molecule has 3 aliphatic rings. The first-order valence-corrected chi connectivity index (χ1v) is 10.1. The van der Waals surface area contributed by atoms with Gasteiger partial charge in [0.2, 0.25) is 0 Å². The Bertz CT molecular complexity index is 865. The molecule has 0 spiro atoms. The highest BCUT2D eigenvalue weighted by atomic mass is 16.6. The number of piperidine rings is 1. The maximum atomic E-state index is 13.3. The average molecular weight is 379 g/mol. The Morgan fingerprint density at radius 1 is 0.964 bits per heavy atom. The molecule has 0 radical (unpaired) electrons. The summed E-state index contributed by atoms with van der Waals surface area (Å²) in [5.74, 6) is 2.92. The Balaban J connectivity index is 1.34. The molecule has 0 saturated carbocycles. The summed E-state index contributed by atoms with van der Waals surface area (Å²) in [5, 5.41) is 0. The number of ether oxygens (including phenoxy) is 3. The number of carbonyl (C=O) groups excluding carboxylic acids is 1. The van der Waals surface area contributed by atoms with Crippen LogP contribution in [0.1, 0.15) is 47.5 Å². The van der Waals surface area contributed by atoms with Gasteiger partial charge in [-0.1, -0.05) is 12.1 Å². The number of carbonyl (C=O) groups is 1. The van der Waals surface area contributed by atoms with E-state index in [0.29, 0.717) is 42.5 Å². The molecule has 146 valence electrons. The molecular formula is C23H25NO4. The molecule has 2 aromatic carbocycles. The van der Waals surface area contributed by atoms with Gasteiger partial charge in [0.05, 0.1) is 7.11 Å². The summed E-state index contributed by atoms with van der Waals surface area (Å²) in [7, 11) is 1.69. The van der Waals surface area contributed by atoms with Gasteiger partial charge < -0.3 is 19.1 Å². The van der Waals surface area contributed by atoms with E-state index in [4.69, 9.17) is 14.2 Å². The van der Waals surface area contributed by atoms with E-state index in [2.05, 4.69) is 17.0 Å². The molecule has 0 N–H and O–H groups in total. The lowest BCUT2D eigenvalue weighted by molar-refractivity contribution is 0.0570. The summed E-state index contributed by atoms with van der Waals surface area (Å²) < 4.78 is 16.5. The van der Waals surface area contributed by atoms with Crippen molar-refractivity contribution in [2.24, 2.45) is 0 Å². The molecule has 1 unspecified atom stereocenters. The fourth-order valence-corrected chi connectivity index (χ4v) is 4.98. The Morgan fingerprint density at radius 3 is 2.32 bits per heavy atom. The van der Waals surface area contributed by atoms with Gasteiger partial charge in [0.15, 0.2) is 11.5 Å². The molecule has 28 heavy (non-hydrogen) atoms. The van der Waals surface area contributed by atoms with Crippen molar-refractivity contribution in [3.05, 3.63) is 53.6 Å². The third-order valence-electron chi connectivity index (χ3n) is 6.34. The van der Waals surface area contributed by atoms with E-state index in [9.17, 15) is 4.79 Å². The van der Waals surface area contributed by atoms with Crippen LogP contribution in [0.25, 0.3) is 0 Å². The third kappa shape index (κ3) is 2.99. The van der Waals surface area contributed by atoms with Gasteiger partial charge >= 0.3 is 0 Å². The van der Waals surface area contributed by atoms with Crippen molar-refractivity contribution < 1.29 is 19.0 Å². The van der Waals surface area contributed by atoms with Crippen LogP contribution in [-0.4, -0.2) is 43.2 Å². The maximum Gasteiger partial charge on any atom is 0.254 e. The van der Waals surface area contributed by atoms with Gasteiger partial charge in [0.25, 0.3) is 5.91 Å². The highest BCUT2D eigenvalue weighted by Crippen LogP contribution is 2.44. The fourth-order valence-electron chi connectivity index (χ4n) is 4.98. The zero-order valence-corrected chi connectivity index (χ0v) is 16.1. The van der Waals surface area contributed by atoms with E-state index >= 15 is 0 Å². The van der Waals surface area contributed by atoms with Crippen molar-refractivity contribution in [3.63, 3.8) is 0 Å². The summed E-state index contributed by atoms with van der Waals surface area (Å²) in [4.78, 5) is 15.4. The van der Waals surface area contributed by atoms with E-state index in [1.807, 2.05) is 30.3 Å². The van der Waals surface area contributed by atoms with Crippen LogP contribution in [0.15, 0.2) is 42.5 Å². The van der Waals surface area contributed by atoms with Crippen LogP contribution < -0.4 is 14.2 Å². The van der Waals surface area contributed by atoms with Crippen LogP contribution in [0.3, 0.4) is 0 Å². The quantitative estimate of drug-likeness (QED) is 0.808. The lowest BCUT2D eigenvalue weighted by atomic mass is 9.84. The first kappa shape index (κ1) is 17.4. The van der Waals surface area contributed by atoms with Crippen molar-refractivity contribution in [1.29, 1.82) is 0 Å². The Kier molecular flexibility index (Phi) is 4.38. The van der Waals surface area contributed by atoms with Gasteiger partial charge in [-0.2, -0.15) is 0 Å². The zero-order valence-electron chi connectivity index (χ0n) is 16.1. The number of nitrogens with zero attached hydrogens (tertiary/aromatic N) is 1. The van der Waals surface area contributed by atoms with Crippen molar-refractivity contribution in [2.45, 2.75) is 43.7 Å². The van der Waals surface area contributed by atoms with Crippen LogP contribution in [0.5, 0.6) is 17.2 Å². The summed E-state index contributed by atoms with van der Waals surface area (Å²) in [5.41, 5.74) is 2.05. The molecule has 3 aliphatic heterocycles. The number of methoxy groups -OCH3 is 1. The minimum absolute atomic E-state index is 0.123. The van der Waals surface area contributed by atoms with Crippen molar-refractivity contribution >= 4 is 5.91 Å². The number of amides is 1. The van der Waals surface area contributed by atoms with Crippen LogP contribution in [-0.2, 0) is 0 Å². The van der Waals surface area contributed by atoms with Gasteiger partial charge in [0, 0.05) is 17.6 Å². The number of fused-ring (bicyclic) bond motifs is 3. The Labute approximate surface area is 165 Å². The van der Waals surface area contributed by atoms with E-state index in [1.54, 1.807) is 7.11 Å². The largest absolute Gasteiger partial charge is 0.497 e. The molecule has 5 nitrogen and oxygen atoms in total. The number of rotatable bonds is 3. The van der Waals surface area contributed by atoms with Gasteiger partial charge in [-0.3, -0.25) is 4.79 Å². The standard InChI is InChI=1S/C23H25NO4/c1-26-20-7-2-15(3-8-20)17-12-18-5-6-19(13-17)24(18)23(25)16-4-9-21-22(14-16)28-11-10-27-21/h2-4,7-9,14,17-19H,5-6,10-13H2,1H3/t17?,18-,19+. The minimum atomic E-state index is 0.123. The highest BCUT2D eigenvalue weighted by Gasteiger charge is 2.43. The van der Waals surface area contributed by atoms with Gasteiger partial charge in [0.1, 0.15) is 19.0 Å². The van der Waals surface area contributed by atoms with Crippen molar-refractivity contribution in [3.8, 4) is 17.2 Å². The SMILES string of the molecule is COc1ccc(C2C[C@H]3CC[C@@H](C2)N3C(=O)c2ccc3c(c2)OCCO3)cc1. The smallest absolute Gasteiger partial charge is 0.254 e. The monoisotopic (exact) mass is 379 g/mol. The molecular weight excluding hydrogens is 354 g/mol. The van der Waals surface area contributed by atoms with Crippen LogP contribution in [0, 0.1) is 0 Å². The molecule has 0 aliphatic carbocycles. The summed E-state index contributed by atoms with van der Waals surface area (Å²) >= 11 is 0. The maximum absolute atomic E-state index is 13.3. The molecule has 5 heteroatoms. The Morgan fingerprint density at radius 2 is 1.64 bits per heavy atom. The second kappa shape index (κ2) is 7.04. The van der Waals surface area contributed by atoms with Gasteiger partial charge in [-0.05, 0) is 67.5 Å². The van der Waals surface area contributed by atoms with Gasteiger partial charge in [-0.15, -0.1) is 0 Å². The molecule has 5 rings (SSSR count). The second-order valence-corrected chi connectivity index (χ2v) is 7.90. The normalized spacial score (nSPS) is 25.5. The van der Waals surface area contributed by atoms with Crippen LogP contribution >= 0.6 is 0 Å². The summed E-state index contributed by atoms with van der Waals surface area (Å²) in [6.07, 6.45) is 4.24. The molecule has 0 aromatic heterocycles. The lowest BCUT2D eigenvalue weighted by Gasteiger charge is -2.39. The molecule has 1 amide bonds. The van der Waals surface area contributed by atoms with Crippen LogP contribution in [0.4, 0.5) is 0 Å². The van der Waals surface area contributed by atoms with E-state index in [1.165, 1.54) is 5.56 Å². The molecule has 2 aromatic rings. The van der Waals surface area contributed by atoms with Crippen molar-refractivity contribution in [2.75, 3.05) is 20.3 Å². The van der Waals surface area contributed by atoms with Crippen molar-refractivity contribution in [1.82, 2.24) is 4.90 Å². The number of hydrogen-bond acceptors (Lipinski definition) is 4. The predicted molar refractivity (Wildman–Crippen MR) is 105 cm³/mol. The highest BCUT2D eigenvalue weighted by molar-refractivity contribution is 5.95. The second-order valence-electron chi connectivity index (χ2n) is 7.90. The van der Waals surface area contributed by atoms with Gasteiger partial charge in [-0.25, -0.2) is 0 Å². The van der Waals surface area contributed by atoms with E-state index < -0.39 is 0 Å². The Hall–Kier alpha value is -2.69. The molecule has 2 bridgehead atoms. The van der Waals surface area contributed by atoms with E-state index in [-0.39, 0.29) is 5.91 Å². The minimum Gasteiger partial charge on any atom is -0.497 e. The topological polar surface area (TPSA) is 48.0 Å². The molecule has 3 atom stereocenters. The van der Waals surface area contributed by atoms with Crippen LogP contribution in [0.2, 0.25) is 0 Å². The fraction of sp³-hybridized carbons (Fsp3) is 0.435. The van der Waals surface area contributed by atoms with E-state index in [0.717, 1.165) is 37.2 Å². The summed E-state index contributed by atoms with van der Waals surface area (Å²) in [6.45, 7) is 1.09. The number of benzene rings is 2. The predicted octanol–water partition coefficient (Wildman–Crippen LogP) is 4.02. The summed E-state index contributed by atoms with van der Waals surface area (Å²) in [6, 6.07) is 14.6. The first-order chi connectivity index (χ1) is 13.7. The zero-order chi connectivity index (χ0) is 19.1.